The number of urea groups is 1. The lowest BCUT2D eigenvalue weighted by Gasteiger charge is -2.12. The average Bonchev–Trinajstić information content (AvgIpc) is 3.31. The number of anilines is 1. The van der Waals surface area contributed by atoms with Gasteiger partial charge in [0.05, 0.1) is 6.33 Å². The molecule has 7 heteroatoms. The van der Waals surface area contributed by atoms with Gasteiger partial charge in [-0.15, -0.1) is 0 Å². The van der Waals surface area contributed by atoms with Gasteiger partial charge in [-0.25, -0.2) is 14.8 Å². The van der Waals surface area contributed by atoms with Gasteiger partial charge in [-0.05, 0) is 24.1 Å². The molecule has 0 radical (unpaired) electrons. The van der Waals surface area contributed by atoms with Crippen molar-refractivity contribution in [2.45, 2.75) is 39.3 Å². The highest BCUT2D eigenvalue weighted by Gasteiger charge is 2.08. The van der Waals surface area contributed by atoms with Crippen molar-refractivity contribution >= 4 is 11.7 Å². The van der Waals surface area contributed by atoms with Gasteiger partial charge in [0.15, 0.2) is 0 Å². The van der Waals surface area contributed by atoms with Gasteiger partial charge >= 0.3 is 6.03 Å². The Bertz CT molecular complexity index is 853. The van der Waals surface area contributed by atoms with Gasteiger partial charge in [0.25, 0.3) is 0 Å². The summed E-state index contributed by atoms with van der Waals surface area (Å²) in [6.07, 6.45) is 10.1. The number of aromatic nitrogens is 4. The molecule has 0 aliphatic carbocycles. The fraction of sp³-hybridized carbons (Fsp3) is 0.350. The number of nitrogens with one attached hydrogen (secondary N) is 2. The maximum Gasteiger partial charge on any atom is 0.319 e. The number of hydrogen-bond donors (Lipinski definition) is 2. The van der Waals surface area contributed by atoms with Crippen LogP contribution in [0.2, 0.25) is 0 Å². The lowest BCUT2D eigenvalue weighted by molar-refractivity contribution is 0.252. The summed E-state index contributed by atoms with van der Waals surface area (Å²) in [5.41, 5.74) is 1.90. The minimum Gasteiger partial charge on any atom is -0.338 e. The molecular formula is C20H26N6O. The molecule has 0 aliphatic heterocycles. The molecule has 0 fully saturated rings. The quantitative estimate of drug-likeness (QED) is 0.599. The largest absolute Gasteiger partial charge is 0.338 e. The van der Waals surface area contributed by atoms with E-state index >= 15 is 0 Å². The topological polar surface area (TPSA) is 76.8 Å². The second-order valence-corrected chi connectivity index (χ2v) is 6.80. The molecule has 0 saturated carbocycles. The van der Waals surface area contributed by atoms with Crippen LogP contribution in [0.15, 0.2) is 55.4 Å². The van der Waals surface area contributed by atoms with Crippen LogP contribution in [-0.4, -0.2) is 31.7 Å². The summed E-state index contributed by atoms with van der Waals surface area (Å²) in [4.78, 5) is 20.5. The van der Waals surface area contributed by atoms with Gasteiger partial charge in [-0.1, -0.05) is 26.0 Å². The van der Waals surface area contributed by atoms with E-state index in [0.717, 1.165) is 36.6 Å². The zero-order valence-electron chi connectivity index (χ0n) is 15.8. The van der Waals surface area contributed by atoms with Gasteiger partial charge in [0, 0.05) is 56.0 Å². The zero-order valence-corrected chi connectivity index (χ0v) is 15.8. The highest BCUT2D eigenvalue weighted by Crippen LogP contribution is 2.16. The van der Waals surface area contributed by atoms with Crippen molar-refractivity contribution in [3.8, 4) is 0 Å². The van der Waals surface area contributed by atoms with Crippen LogP contribution in [0.3, 0.4) is 0 Å². The molecule has 0 unspecified atom stereocenters. The fourth-order valence-electron chi connectivity index (χ4n) is 2.96. The van der Waals surface area contributed by atoms with E-state index < -0.39 is 0 Å². The summed E-state index contributed by atoms with van der Waals surface area (Å²) in [5.74, 6) is 1.43. The summed E-state index contributed by atoms with van der Waals surface area (Å²) in [6.45, 7) is 6.44. The van der Waals surface area contributed by atoms with Crippen LogP contribution in [0, 0.1) is 0 Å². The molecule has 27 heavy (non-hydrogen) atoms. The van der Waals surface area contributed by atoms with Crippen molar-refractivity contribution in [2.75, 3.05) is 11.9 Å². The van der Waals surface area contributed by atoms with Gasteiger partial charge in [-0.2, -0.15) is 0 Å². The van der Waals surface area contributed by atoms with Gasteiger partial charge in [0.1, 0.15) is 5.82 Å². The van der Waals surface area contributed by atoms with Gasteiger partial charge < -0.3 is 19.8 Å². The van der Waals surface area contributed by atoms with Crippen molar-refractivity contribution in [3.05, 3.63) is 66.8 Å². The molecule has 2 aromatic heterocycles. The number of rotatable bonds is 8. The number of hydrogen-bond acceptors (Lipinski definition) is 3. The normalized spacial score (nSPS) is 10.9. The second kappa shape index (κ2) is 9.02. The zero-order chi connectivity index (χ0) is 19.1. The van der Waals surface area contributed by atoms with Crippen molar-refractivity contribution in [1.29, 1.82) is 0 Å². The lowest BCUT2D eigenvalue weighted by Crippen LogP contribution is -2.30. The van der Waals surface area contributed by atoms with E-state index in [0.29, 0.717) is 12.5 Å². The molecule has 3 rings (SSSR count). The first-order valence-corrected chi connectivity index (χ1v) is 9.22. The fourth-order valence-corrected chi connectivity index (χ4v) is 2.96. The van der Waals surface area contributed by atoms with Crippen molar-refractivity contribution in [1.82, 2.24) is 24.4 Å². The van der Waals surface area contributed by atoms with E-state index in [1.54, 1.807) is 12.5 Å². The summed E-state index contributed by atoms with van der Waals surface area (Å²) in [7, 11) is 0. The van der Waals surface area contributed by atoms with E-state index in [-0.39, 0.29) is 6.03 Å². The van der Waals surface area contributed by atoms with Crippen LogP contribution in [0.1, 0.15) is 37.6 Å². The second-order valence-electron chi connectivity index (χ2n) is 6.80. The summed E-state index contributed by atoms with van der Waals surface area (Å²) < 4.78 is 4.13. The van der Waals surface area contributed by atoms with Crippen LogP contribution in [-0.2, 0) is 13.1 Å². The molecule has 3 aromatic rings. The predicted molar refractivity (Wildman–Crippen MR) is 106 cm³/mol. The molecule has 142 valence electrons. The first kappa shape index (κ1) is 18.7. The molecule has 2 heterocycles. The Morgan fingerprint density at radius 3 is 2.89 bits per heavy atom. The van der Waals surface area contributed by atoms with Crippen LogP contribution in [0.25, 0.3) is 0 Å². The molecular weight excluding hydrogens is 340 g/mol. The standard InChI is InChI=1S/C20H26N6O/c1-16(2)19-22-9-12-26(19)14-17-5-3-6-18(13-17)24-20(27)23-7-4-10-25-11-8-21-15-25/h3,5-6,8-9,11-13,15-16H,4,7,10,14H2,1-2H3,(H2,23,24,27). The number of amides is 2. The molecule has 2 amide bonds. The Balaban J connectivity index is 1.49. The van der Waals surface area contributed by atoms with E-state index in [2.05, 4.69) is 45.1 Å². The van der Waals surface area contributed by atoms with E-state index in [1.165, 1.54) is 0 Å². The molecule has 0 aliphatic rings. The average molecular weight is 366 g/mol. The Morgan fingerprint density at radius 1 is 1.22 bits per heavy atom. The molecule has 0 bridgehead atoms. The van der Waals surface area contributed by atoms with Crippen LogP contribution in [0.5, 0.6) is 0 Å². The third-order valence-corrected chi connectivity index (χ3v) is 4.24. The first-order valence-electron chi connectivity index (χ1n) is 9.22. The number of carbonyl (C=O) groups is 1. The van der Waals surface area contributed by atoms with E-state index in [1.807, 2.05) is 41.4 Å². The third-order valence-electron chi connectivity index (χ3n) is 4.24. The maximum absolute atomic E-state index is 12.1. The maximum atomic E-state index is 12.1. The molecule has 7 nitrogen and oxygen atoms in total. The van der Waals surface area contributed by atoms with Crippen LogP contribution in [0.4, 0.5) is 10.5 Å². The predicted octanol–water partition coefficient (Wildman–Crippen LogP) is 3.46. The SMILES string of the molecule is CC(C)c1nccn1Cc1cccc(NC(=O)NCCCn2ccnc2)c1. The number of carbonyl (C=O) groups excluding carboxylic acids is 1. The molecule has 0 saturated heterocycles. The molecule has 2 N–H and O–H groups in total. The first-order chi connectivity index (χ1) is 13.1. The van der Waals surface area contributed by atoms with Crippen molar-refractivity contribution in [3.63, 3.8) is 0 Å². The van der Waals surface area contributed by atoms with Crippen LogP contribution >= 0.6 is 0 Å². The Labute approximate surface area is 159 Å². The Kier molecular flexibility index (Phi) is 6.25. The molecule has 1 aromatic carbocycles. The smallest absolute Gasteiger partial charge is 0.319 e. The highest BCUT2D eigenvalue weighted by atomic mass is 16.2. The van der Waals surface area contributed by atoms with Crippen molar-refractivity contribution < 1.29 is 4.79 Å². The monoisotopic (exact) mass is 366 g/mol. The number of imidazole rings is 2. The highest BCUT2D eigenvalue weighted by molar-refractivity contribution is 5.89. The van der Waals surface area contributed by atoms with E-state index in [4.69, 9.17) is 0 Å². The molecule has 0 atom stereocenters. The van der Waals surface area contributed by atoms with Crippen molar-refractivity contribution in [2.24, 2.45) is 0 Å². The Morgan fingerprint density at radius 2 is 2.11 bits per heavy atom. The summed E-state index contributed by atoms with van der Waals surface area (Å²) in [6, 6.07) is 7.71. The number of nitrogens with zero attached hydrogens (tertiary/aromatic N) is 4. The Hall–Kier alpha value is -3.09. The number of aryl methyl sites for hydroxylation is 1. The lowest BCUT2D eigenvalue weighted by atomic mass is 10.1. The minimum absolute atomic E-state index is 0.191. The summed E-state index contributed by atoms with van der Waals surface area (Å²) in [5, 5.41) is 5.78. The van der Waals surface area contributed by atoms with Gasteiger partial charge in [-0.3, -0.25) is 0 Å². The summed E-state index contributed by atoms with van der Waals surface area (Å²) >= 11 is 0. The minimum atomic E-state index is -0.191. The third kappa shape index (κ3) is 5.44. The number of benzene rings is 1. The van der Waals surface area contributed by atoms with Crippen LogP contribution < -0.4 is 10.6 Å². The van der Waals surface area contributed by atoms with E-state index in [9.17, 15) is 4.79 Å². The van der Waals surface area contributed by atoms with Gasteiger partial charge in [0.2, 0.25) is 0 Å². The molecule has 0 spiro atoms.